The molecule has 1 aliphatic heterocycles. The van der Waals surface area contributed by atoms with Crippen molar-refractivity contribution in [2.24, 2.45) is 0 Å². The number of halogens is 1. The van der Waals surface area contributed by atoms with Crippen LogP contribution in [-0.4, -0.2) is 46.0 Å². The van der Waals surface area contributed by atoms with E-state index in [-0.39, 0.29) is 28.7 Å². The van der Waals surface area contributed by atoms with Gasteiger partial charge in [0.05, 0.1) is 17.6 Å². The zero-order chi connectivity index (χ0) is 20.1. The van der Waals surface area contributed by atoms with Crippen molar-refractivity contribution in [3.63, 3.8) is 0 Å². The summed E-state index contributed by atoms with van der Waals surface area (Å²) in [6.07, 6.45) is 2.31. The Morgan fingerprint density at radius 2 is 1.82 bits per heavy atom. The normalized spacial score (nSPS) is 14.3. The highest BCUT2D eigenvalue weighted by atomic mass is 32.2. The predicted molar refractivity (Wildman–Crippen MR) is 103 cm³/mol. The Morgan fingerprint density at radius 3 is 2.46 bits per heavy atom. The Morgan fingerprint density at radius 1 is 1.14 bits per heavy atom. The van der Waals surface area contributed by atoms with Gasteiger partial charge >= 0.3 is 0 Å². The van der Waals surface area contributed by atoms with E-state index in [9.17, 15) is 17.6 Å². The summed E-state index contributed by atoms with van der Waals surface area (Å²) in [5, 5.41) is 0. The molecule has 150 valence electrons. The highest BCUT2D eigenvalue weighted by Gasteiger charge is 2.25. The molecule has 0 atom stereocenters. The van der Waals surface area contributed by atoms with Crippen LogP contribution in [0.2, 0.25) is 0 Å². The topological polar surface area (TPSA) is 75.7 Å². The molecule has 0 bridgehead atoms. The summed E-state index contributed by atoms with van der Waals surface area (Å²) in [5.41, 5.74) is 1.06. The van der Waals surface area contributed by atoms with E-state index < -0.39 is 10.0 Å². The smallest absolute Gasteiger partial charge is 0.257 e. The quantitative estimate of drug-likeness (QED) is 0.767. The summed E-state index contributed by atoms with van der Waals surface area (Å²) in [7, 11) is -2.34. The molecule has 0 unspecified atom stereocenters. The van der Waals surface area contributed by atoms with Gasteiger partial charge in [-0.25, -0.2) is 17.5 Å². The van der Waals surface area contributed by atoms with Crippen LogP contribution in [0, 0.1) is 5.82 Å². The summed E-state index contributed by atoms with van der Waals surface area (Å²) >= 11 is 0. The Balaban J connectivity index is 1.74. The monoisotopic (exact) mass is 406 g/mol. The minimum Gasteiger partial charge on any atom is -0.496 e. The fourth-order valence-electron chi connectivity index (χ4n) is 3.18. The lowest BCUT2D eigenvalue weighted by Crippen LogP contribution is -2.29. The van der Waals surface area contributed by atoms with Crippen LogP contribution in [0.15, 0.2) is 47.4 Å². The van der Waals surface area contributed by atoms with Gasteiger partial charge in [0, 0.05) is 19.6 Å². The molecule has 1 fully saturated rings. The van der Waals surface area contributed by atoms with E-state index in [1.165, 1.54) is 37.4 Å². The van der Waals surface area contributed by atoms with Crippen molar-refractivity contribution >= 4 is 15.9 Å². The first-order valence-electron chi connectivity index (χ1n) is 9.12. The Hall–Kier alpha value is -2.45. The second kappa shape index (κ2) is 8.70. The molecule has 2 aromatic rings. The van der Waals surface area contributed by atoms with Crippen molar-refractivity contribution in [1.29, 1.82) is 0 Å². The van der Waals surface area contributed by atoms with E-state index >= 15 is 0 Å². The third-order valence-corrected chi connectivity index (χ3v) is 6.18. The average molecular weight is 406 g/mol. The molecule has 0 radical (unpaired) electrons. The van der Waals surface area contributed by atoms with Crippen molar-refractivity contribution in [1.82, 2.24) is 9.62 Å². The molecule has 28 heavy (non-hydrogen) atoms. The summed E-state index contributed by atoms with van der Waals surface area (Å²) in [6, 6.07) is 10.2. The van der Waals surface area contributed by atoms with Crippen LogP contribution in [0.25, 0.3) is 0 Å². The van der Waals surface area contributed by atoms with E-state index in [0.717, 1.165) is 18.4 Å². The van der Waals surface area contributed by atoms with Crippen LogP contribution in [0.4, 0.5) is 4.39 Å². The van der Waals surface area contributed by atoms with Crippen LogP contribution >= 0.6 is 0 Å². The minimum absolute atomic E-state index is 0.00922. The molecule has 1 amide bonds. The molecule has 2 aromatic carbocycles. The van der Waals surface area contributed by atoms with Crippen molar-refractivity contribution in [3.8, 4) is 5.75 Å². The lowest BCUT2D eigenvalue weighted by atomic mass is 10.1. The molecule has 0 aliphatic carbocycles. The molecule has 0 aromatic heterocycles. The second-order valence-electron chi connectivity index (χ2n) is 6.64. The van der Waals surface area contributed by atoms with E-state index in [4.69, 9.17) is 4.74 Å². The molecule has 0 saturated carbocycles. The van der Waals surface area contributed by atoms with Gasteiger partial charge in [-0.1, -0.05) is 12.1 Å². The summed E-state index contributed by atoms with van der Waals surface area (Å²) in [4.78, 5) is 14.4. The molecule has 8 heteroatoms. The molecule has 1 aliphatic rings. The predicted octanol–water partition coefficient (Wildman–Crippen LogP) is 2.59. The number of hydrogen-bond donors (Lipinski definition) is 1. The number of methoxy groups -OCH3 is 1. The van der Waals surface area contributed by atoms with E-state index in [1.807, 2.05) is 0 Å². The van der Waals surface area contributed by atoms with Crippen LogP contribution < -0.4 is 9.46 Å². The van der Waals surface area contributed by atoms with Crippen LogP contribution in [0.5, 0.6) is 5.75 Å². The number of hydrogen-bond acceptors (Lipinski definition) is 4. The van der Waals surface area contributed by atoms with Crippen molar-refractivity contribution in [3.05, 3.63) is 59.4 Å². The molecular weight excluding hydrogens is 383 g/mol. The van der Waals surface area contributed by atoms with Crippen LogP contribution in [0.3, 0.4) is 0 Å². The fraction of sp³-hybridized carbons (Fsp3) is 0.350. The lowest BCUT2D eigenvalue weighted by Gasteiger charge is -2.18. The maximum atomic E-state index is 12.9. The molecule has 3 rings (SSSR count). The van der Waals surface area contributed by atoms with Gasteiger partial charge in [-0.3, -0.25) is 4.79 Å². The third kappa shape index (κ3) is 4.69. The largest absolute Gasteiger partial charge is 0.496 e. The van der Waals surface area contributed by atoms with Gasteiger partial charge in [0.1, 0.15) is 11.6 Å². The number of benzene rings is 2. The first-order chi connectivity index (χ1) is 13.4. The number of carbonyl (C=O) groups is 1. The van der Waals surface area contributed by atoms with Gasteiger partial charge in [0.15, 0.2) is 0 Å². The van der Waals surface area contributed by atoms with Gasteiger partial charge in [-0.2, -0.15) is 0 Å². The number of rotatable bonds is 7. The Bertz CT molecular complexity index is 939. The molecule has 6 nitrogen and oxygen atoms in total. The summed E-state index contributed by atoms with van der Waals surface area (Å²) in [6.45, 7) is 1.49. The highest BCUT2D eigenvalue weighted by Crippen LogP contribution is 2.25. The van der Waals surface area contributed by atoms with Crippen molar-refractivity contribution in [2.75, 3.05) is 26.7 Å². The Labute approximate surface area is 164 Å². The highest BCUT2D eigenvalue weighted by molar-refractivity contribution is 7.89. The maximum Gasteiger partial charge on any atom is 0.257 e. The number of likely N-dealkylation sites (tertiary alicyclic amines) is 1. The zero-order valence-corrected chi connectivity index (χ0v) is 16.5. The molecule has 0 spiro atoms. The number of nitrogens with zero attached hydrogens (tertiary/aromatic N) is 1. The maximum absolute atomic E-state index is 12.9. The van der Waals surface area contributed by atoms with E-state index in [2.05, 4.69) is 4.72 Å². The third-order valence-electron chi connectivity index (χ3n) is 4.72. The SMILES string of the molecule is COc1ccc(S(=O)(=O)NCCc2ccc(F)cc2)cc1C(=O)N1CCCC1. The van der Waals surface area contributed by atoms with Gasteiger partial charge in [0.25, 0.3) is 5.91 Å². The fourth-order valence-corrected chi connectivity index (χ4v) is 4.23. The van der Waals surface area contributed by atoms with E-state index in [0.29, 0.717) is 25.3 Å². The summed E-state index contributed by atoms with van der Waals surface area (Å²) in [5.74, 6) is -0.211. The number of ether oxygens (including phenoxy) is 1. The molecule has 1 heterocycles. The Kier molecular flexibility index (Phi) is 6.31. The first kappa shape index (κ1) is 20.3. The standard InChI is InChI=1S/C20H23FN2O4S/c1-27-19-9-8-17(14-18(19)20(24)23-12-2-3-13-23)28(25,26)22-11-10-15-4-6-16(21)7-5-15/h4-9,14,22H,2-3,10-13H2,1H3. The molecule has 1 saturated heterocycles. The van der Waals surface area contributed by atoms with Crippen molar-refractivity contribution in [2.45, 2.75) is 24.2 Å². The van der Waals surface area contributed by atoms with Gasteiger partial charge < -0.3 is 9.64 Å². The van der Waals surface area contributed by atoms with Crippen molar-refractivity contribution < 1.29 is 22.3 Å². The van der Waals surface area contributed by atoms with E-state index in [1.54, 1.807) is 17.0 Å². The second-order valence-corrected chi connectivity index (χ2v) is 8.40. The van der Waals surface area contributed by atoms with Crippen LogP contribution in [-0.2, 0) is 16.4 Å². The van der Waals surface area contributed by atoms with Gasteiger partial charge in [-0.05, 0) is 55.2 Å². The molecule has 1 N–H and O–H groups in total. The first-order valence-corrected chi connectivity index (χ1v) is 10.6. The molecular formula is C20H23FN2O4S. The zero-order valence-electron chi connectivity index (χ0n) is 15.7. The average Bonchev–Trinajstić information content (AvgIpc) is 3.23. The number of nitrogens with one attached hydrogen (secondary N) is 1. The number of amides is 1. The minimum atomic E-state index is -3.79. The van der Waals surface area contributed by atoms with Gasteiger partial charge in [0.2, 0.25) is 10.0 Å². The van der Waals surface area contributed by atoms with Crippen LogP contribution in [0.1, 0.15) is 28.8 Å². The lowest BCUT2D eigenvalue weighted by molar-refractivity contribution is 0.0789. The number of sulfonamides is 1. The number of carbonyl (C=O) groups excluding carboxylic acids is 1. The van der Waals surface area contributed by atoms with Gasteiger partial charge in [-0.15, -0.1) is 0 Å². The summed E-state index contributed by atoms with van der Waals surface area (Å²) < 4.78 is 46.0.